The summed E-state index contributed by atoms with van der Waals surface area (Å²) in [6, 6.07) is 10.1. The molecule has 0 aromatic heterocycles. The smallest absolute Gasteiger partial charge is 0.251 e. The van der Waals surface area contributed by atoms with Crippen LogP contribution in [0, 0.1) is 12.8 Å². The molecule has 1 heterocycles. The van der Waals surface area contributed by atoms with Crippen molar-refractivity contribution in [2.75, 3.05) is 13.2 Å². The molecule has 2 amide bonds. The van der Waals surface area contributed by atoms with Crippen molar-refractivity contribution in [1.29, 1.82) is 0 Å². The van der Waals surface area contributed by atoms with E-state index >= 15 is 0 Å². The highest BCUT2D eigenvalue weighted by Gasteiger charge is 2.25. The average Bonchev–Trinajstić information content (AvgIpc) is 2.70. The molecule has 0 aliphatic carbocycles. The Hall–Kier alpha value is -2.73. The zero-order chi connectivity index (χ0) is 21.0. The van der Waals surface area contributed by atoms with Gasteiger partial charge in [0.2, 0.25) is 5.91 Å². The lowest BCUT2D eigenvalue weighted by atomic mass is 10.0. The Bertz CT molecular complexity index is 914. The van der Waals surface area contributed by atoms with Gasteiger partial charge in [0.1, 0.15) is 19.3 Å². The van der Waals surface area contributed by atoms with Crippen LogP contribution in [0.25, 0.3) is 0 Å². The summed E-state index contributed by atoms with van der Waals surface area (Å²) < 4.78 is 11.1. The van der Waals surface area contributed by atoms with Crippen molar-refractivity contribution >= 4 is 23.4 Å². The molecule has 1 aliphatic heterocycles. The molecule has 6 nitrogen and oxygen atoms in total. The molecule has 1 aliphatic rings. The Morgan fingerprint density at radius 2 is 1.90 bits per heavy atom. The Morgan fingerprint density at radius 3 is 2.62 bits per heavy atom. The maximum Gasteiger partial charge on any atom is 0.251 e. The summed E-state index contributed by atoms with van der Waals surface area (Å²) in [4.78, 5) is 25.3. The summed E-state index contributed by atoms with van der Waals surface area (Å²) in [5, 5.41) is 6.15. The predicted molar refractivity (Wildman–Crippen MR) is 112 cm³/mol. The highest BCUT2D eigenvalue weighted by Crippen LogP contribution is 2.38. The van der Waals surface area contributed by atoms with Crippen LogP contribution in [0.1, 0.15) is 35.3 Å². The first kappa shape index (κ1) is 21.0. The minimum atomic E-state index is -0.657. The number of hydrogen-bond donors (Lipinski definition) is 2. The molecule has 0 bridgehead atoms. The van der Waals surface area contributed by atoms with E-state index in [9.17, 15) is 9.59 Å². The number of benzene rings is 2. The SMILES string of the molecule is Cc1cccc(C(=O)NC(C(=O)NCc2cc(Cl)c3c(c2)OCCO3)C(C)C)c1. The molecule has 2 aromatic carbocycles. The lowest BCUT2D eigenvalue weighted by molar-refractivity contribution is -0.124. The van der Waals surface area contributed by atoms with Crippen molar-refractivity contribution in [3.63, 3.8) is 0 Å². The van der Waals surface area contributed by atoms with Crippen LogP contribution in [0.5, 0.6) is 11.5 Å². The molecule has 154 valence electrons. The van der Waals surface area contributed by atoms with Crippen LogP contribution in [-0.2, 0) is 11.3 Å². The Morgan fingerprint density at radius 1 is 1.14 bits per heavy atom. The minimum Gasteiger partial charge on any atom is -0.486 e. The second-order valence-electron chi connectivity index (χ2n) is 7.38. The molecular formula is C22H25ClN2O4. The van der Waals surface area contributed by atoms with E-state index in [1.165, 1.54) is 0 Å². The van der Waals surface area contributed by atoms with Crippen LogP contribution in [0.3, 0.4) is 0 Å². The second-order valence-corrected chi connectivity index (χ2v) is 7.79. The summed E-state index contributed by atoms with van der Waals surface area (Å²) in [7, 11) is 0. The van der Waals surface area contributed by atoms with Gasteiger partial charge < -0.3 is 20.1 Å². The van der Waals surface area contributed by atoms with Crippen LogP contribution in [-0.4, -0.2) is 31.1 Å². The maximum atomic E-state index is 12.8. The van der Waals surface area contributed by atoms with Crippen molar-refractivity contribution in [3.05, 3.63) is 58.1 Å². The van der Waals surface area contributed by atoms with Crippen molar-refractivity contribution in [2.24, 2.45) is 5.92 Å². The number of amides is 2. The van der Waals surface area contributed by atoms with E-state index in [0.717, 1.165) is 11.1 Å². The highest BCUT2D eigenvalue weighted by atomic mass is 35.5. The van der Waals surface area contributed by atoms with Gasteiger partial charge in [-0.15, -0.1) is 0 Å². The van der Waals surface area contributed by atoms with Gasteiger partial charge >= 0.3 is 0 Å². The van der Waals surface area contributed by atoms with Gasteiger partial charge in [0.25, 0.3) is 5.91 Å². The fourth-order valence-electron chi connectivity index (χ4n) is 3.11. The van der Waals surface area contributed by atoms with Crippen LogP contribution in [0.4, 0.5) is 0 Å². The zero-order valence-electron chi connectivity index (χ0n) is 16.8. The molecule has 3 rings (SSSR count). The van der Waals surface area contributed by atoms with E-state index < -0.39 is 6.04 Å². The first-order valence-electron chi connectivity index (χ1n) is 9.58. The summed E-state index contributed by atoms with van der Waals surface area (Å²) in [5.41, 5.74) is 2.31. The van der Waals surface area contributed by atoms with Gasteiger partial charge in [0.15, 0.2) is 11.5 Å². The molecule has 29 heavy (non-hydrogen) atoms. The lowest BCUT2D eigenvalue weighted by Gasteiger charge is -2.23. The highest BCUT2D eigenvalue weighted by molar-refractivity contribution is 6.32. The number of halogens is 1. The maximum absolute atomic E-state index is 12.8. The van der Waals surface area contributed by atoms with Crippen LogP contribution in [0.2, 0.25) is 5.02 Å². The third-order valence-corrected chi connectivity index (χ3v) is 4.92. The van der Waals surface area contributed by atoms with Crippen molar-refractivity contribution in [1.82, 2.24) is 10.6 Å². The molecular weight excluding hydrogens is 392 g/mol. The fourth-order valence-corrected chi connectivity index (χ4v) is 3.40. The van der Waals surface area contributed by atoms with E-state index in [1.54, 1.807) is 24.3 Å². The standard InChI is InChI=1S/C22H25ClN2O4/c1-13(2)19(25-21(26)16-6-4-5-14(3)9-16)22(27)24-12-15-10-17(23)20-18(11-15)28-7-8-29-20/h4-6,9-11,13,19H,7-8,12H2,1-3H3,(H,24,27)(H,25,26). The van der Waals surface area contributed by atoms with E-state index in [-0.39, 0.29) is 24.3 Å². The number of hydrogen-bond acceptors (Lipinski definition) is 4. The summed E-state index contributed by atoms with van der Waals surface area (Å²) in [6.45, 7) is 6.88. The Balaban J connectivity index is 1.66. The van der Waals surface area contributed by atoms with Gasteiger partial charge in [-0.05, 0) is 42.7 Å². The number of aryl methyl sites for hydroxylation is 1. The third kappa shape index (κ3) is 5.21. The van der Waals surface area contributed by atoms with E-state index in [0.29, 0.717) is 35.3 Å². The van der Waals surface area contributed by atoms with Crippen molar-refractivity contribution in [3.8, 4) is 11.5 Å². The van der Waals surface area contributed by atoms with Crippen LogP contribution >= 0.6 is 11.6 Å². The van der Waals surface area contributed by atoms with Crippen LogP contribution < -0.4 is 20.1 Å². The zero-order valence-corrected chi connectivity index (χ0v) is 17.5. The van der Waals surface area contributed by atoms with Crippen molar-refractivity contribution < 1.29 is 19.1 Å². The first-order chi connectivity index (χ1) is 13.8. The molecule has 0 saturated carbocycles. The van der Waals surface area contributed by atoms with Gasteiger partial charge in [-0.1, -0.05) is 43.1 Å². The molecule has 0 spiro atoms. The molecule has 0 radical (unpaired) electrons. The number of carbonyl (C=O) groups is 2. The number of rotatable bonds is 6. The van der Waals surface area contributed by atoms with Gasteiger partial charge in [-0.3, -0.25) is 9.59 Å². The third-order valence-electron chi connectivity index (χ3n) is 4.64. The Labute approximate surface area is 175 Å². The van der Waals surface area contributed by atoms with Crippen LogP contribution in [0.15, 0.2) is 36.4 Å². The summed E-state index contributed by atoms with van der Waals surface area (Å²) in [6.07, 6.45) is 0. The lowest BCUT2D eigenvalue weighted by Crippen LogP contribution is -2.49. The van der Waals surface area contributed by atoms with E-state index in [4.69, 9.17) is 21.1 Å². The molecule has 1 unspecified atom stereocenters. The minimum absolute atomic E-state index is 0.0763. The molecule has 7 heteroatoms. The number of fused-ring (bicyclic) bond motifs is 1. The first-order valence-corrected chi connectivity index (χ1v) is 9.96. The summed E-state index contributed by atoms with van der Waals surface area (Å²) >= 11 is 6.25. The van der Waals surface area contributed by atoms with Gasteiger partial charge in [0.05, 0.1) is 5.02 Å². The van der Waals surface area contributed by atoms with Gasteiger partial charge in [-0.25, -0.2) is 0 Å². The molecule has 1 atom stereocenters. The predicted octanol–water partition coefficient (Wildman–Crippen LogP) is 3.49. The van der Waals surface area contributed by atoms with E-state index in [1.807, 2.05) is 32.9 Å². The number of ether oxygens (including phenoxy) is 2. The van der Waals surface area contributed by atoms with Gasteiger partial charge in [-0.2, -0.15) is 0 Å². The molecule has 0 fully saturated rings. The number of carbonyl (C=O) groups excluding carboxylic acids is 2. The largest absolute Gasteiger partial charge is 0.486 e. The van der Waals surface area contributed by atoms with Crippen molar-refractivity contribution in [2.45, 2.75) is 33.4 Å². The second kappa shape index (κ2) is 9.18. The normalized spacial score (nSPS) is 13.7. The fraction of sp³-hybridized carbons (Fsp3) is 0.364. The topological polar surface area (TPSA) is 76.7 Å². The molecule has 2 N–H and O–H groups in total. The van der Waals surface area contributed by atoms with Gasteiger partial charge in [0, 0.05) is 12.1 Å². The summed E-state index contributed by atoms with van der Waals surface area (Å²) in [5.74, 6) is 0.490. The monoisotopic (exact) mass is 416 g/mol. The molecule has 0 saturated heterocycles. The molecule has 2 aromatic rings. The number of nitrogens with one attached hydrogen (secondary N) is 2. The van der Waals surface area contributed by atoms with E-state index in [2.05, 4.69) is 10.6 Å². The quantitative estimate of drug-likeness (QED) is 0.755. The Kier molecular flexibility index (Phi) is 6.64. The average molecular weight is 417 g/mol.